The van der Waals surface area contributed by atoms with Crippen LogP contribution in [0.1, 0.15) is 12.0 Å². The van der Waals surface area contributed by atoms with Gasteiger partial charge in [-0.1, -0.05) is 18.2 Å². The number of allylic oxidation sites excluding steroid dienone is 1. The molecule has 0 heterocycles. The van der Waals surface area contributed by atoms with Gasteiger partial charge in [-0.05, 0) is 32.5 Å². The van der Waals surface area contributed by atoms with Crippen LogP contribution in [0.25, 0.3) is 0 Å². The van der Waals surface area contributed by atoms with Crippen molar-refractivity contribution in [2.24, 2.45) is 0 Å². The van der Waals surface area contributed by atoms with Crippen molar-refractivity contribution in [3.8, 4) is 11.5 Å². The van der Waals surface area contributed by atoms with E-state index in [-0.39, 0.29) is 12.4 Å². The number of ether oxygens (including phenoxy) is 2. The average Bonchev–Trinajstić information content (AvgIpc) is 2.36. The Kier molecular flexibility index (Phi) is 9.15. The minimum atomic E-state index is 0. The van der Waals surface area contributed by atoms with Gasteiger partial charge in [0, 0.05) is 5.56 Å². The van der Waals surface area contributed by atoms with E-state index in [0.717, 1.165) is 36.4 Å². The third-order valence-electron chi connectivity index (χ3n) is 2.46. The molecule has 0 bridgehead atoms. The van der Waals surface area contributed by atoms with Gasteiger partial charge >= 0.3 is 0 Å². The molecule has 0 fully saturated rings. The molecule has 1 N–H and O–H groups in total. The van der Waals surface area contributed by atoms with Gasteiger partial charge in [0.05, 0.1) is 13.7 Å². The van der Waals surface area contributed by atoms with Crippen LogP contribution in [-0.2, 0) is 6.42 Å². The number of benzene rings is 1. The van der Waals surface area contributed by atoms with Crippen LogP contribution in [0.2, 0.25) is 0 Å². The summed E-state index contributed by atoms with van der Waals surface area (Å²) in [6.07, 6.45) is 3.63. The summed E-state index contributed by atoms with van der Waals surface area (Å²) in [5.74, 6) is 1.62. The number of nitrogens with one attached hydrogen (secondary N) is 1. The smallest absolute Gasteiger partial charge is 0.164 e. The molecule has 0 aromatic heterocycles. The van der Waals surface area contributed by atoms with Gasteiger partial charge in [-0.2, -0.15) is 0 Å². The molecule has 102 valence electrons. The number of hydrogen-bond donors (Lipinski definition) is 1. The third kappa shape index (κ3) is 4.98. The lowest BCUT2D eigenvalue weighted by Crippen LogP contribution is -2.12. The van der Waals surface area contributed by atoms with Gasteiger partial charge in [0.2, 0.25) is 0 Å². The standard InChI is InChI=1S/C14H21NO2.ClH/c1-4-7-12-8-5-9-13(16-3)14(12)17-11-6-10-15-2;/h4-5,8-9,15H,1,6-7,10-11H2,2-3H3;1H. The fourth-order valence-electron chi connectivity index (χ4n) is 1.63. The Balaban J connectivity index is 0.00000289. The molecule has 3 nitrogen and oxygen atoms in total. The second-order valence-corrected chi connectivity index (χ2v) is 3.75. The Bertz CT molecular complexity index is 356. The Morgan fingerprint density at radius 2 is 2.17 bits per heavy atom. The van der Waals surface area contributed by atoms with E-state index in [0.29, 0.717) is 6.61 Å². The normalized spacial score (nSPS) is 9.44. The van der Waals surface area contributed by atoms with Gasteiger partial charge in [-0.25, -0.2) is 0 Å². The van der Waals surface area contributed by atoms with Gasteiger partial charge in [0.25, 0.3) is 0 Å². The van der Waals surface area contributed by atoms with Crippen molar-refractivity contribution >= 4 is 12.4 Å². The molecule has 0 aliphatic carbocycles. The third-order valence-corrected chi connectivity index (χ3v) is 2.46. The summed E-state index contributed by atoms with van der Waals surface area (Å²) in [7, 11) is 3.60. The zero-order valence-electron chi connectivity index (χ0n) is 11.1. The van der Waals surface area contributed by atoms with E-state index in [2.05, 4.69) is 11.9 Å². The Morgan fingerprint density at radius 1 is 1.39 bits per heavy atom. The maximum atomic E-state index is 5.80. The number of para-hydroxylation sites is 1. The average molecular weight is 272 g/mol. The van der Waals surface area contributed by atoms with E-state index in [9.17, 15) is 0 Å². The van der Waals surface area contributed by atoms with E-state index in [1.807, 2.05) is 31.3 Å². The second kappa shape index (κ2) is 9.80. The van der Waals surface area contributed by atoms with Crippen LogP contribution in [-0.4, -0.2) is 27.3 Å². The number of halogens is 1. The topological polar surface area (TPSA) is 30.5 Å². The maximum absolute atomic E-state index is 5.80. The minimum Gasteiger partial charge on any atom is -0.493 e. The molecule has 0 atom stereocenters. The van der Waals surface area contributed by atoms with Crippen molar-refractivity contribution in [1.29, 1.82) is 0 Å². The summed E-state index contributed by atoms with van der Waals surface area (Å²) >= 11 is 0. The summed E-state index contributed by atoms with van der Waals surface area (Å²) in [4.78, 5) is 0. The molecule has 4 heteroatoms. The minimum absolute atomic E-state index is 0. The molecule has 0 aliphatic rings. The number of rotatable bonds is 8. The van der Waals surface area contributed by atoms with Crippen LogP contribution in [0.15, 0.2) is 30.9 Å². The summed E-state index contributed by atoms with van der Waals surface area (Å²) < 4.78 is 11.1. The zero-order chi connectivity index (χ0) is 12.5. The van der Waals surface area contributed by atoms with Gasteiger partial charge in [-0.3, -0.25) is 0 Å². The molecule has 0 spiro atoms. The molecule has 0 saturated carbocycles. The SMILES string of the molecule is C=CCc1cccc(OC)c1OCCCNC.Cl. The Morgan fingerprint density at radius 3 is 2.78 bits per heavy atom. The molecule has 1 aromatic carbocycles. The molecule has 0 aliphatic heterocycles. The zero-order valence-corrected chi connectivity index (χ0v) is 11.9. The first-order valence-electron chi connectivity index (χ1n) is 5.87. The van der Waals surface area contributed by atoms with E-state index < -0.39 is 0 Å². The number of hydrogen-bond acceptors (Lipinski definition) is 3. The quantitative estimate of drug-likeness (QED) is 0.583. The fraction of sp³-hybridized carbons (Fsp3) is 0.429. The highest BCUT2D eigenvalue weighted by molar-refractivity contribution is 5.85. The van der Waals surface area contributed by atoms with Crippen molar-refractivity contribution in [3.05, 3.63) is 36.4 Å². The van der Waals surface area contributed by atoms with Crippen molar-refractivity contribution in [1.82, 2.24) is 5.32 Å². The molecule has 18 heavy (non-hydrogen) atoms. The first-order chi connectivity index (χ1) is 8.33. The van der Waals surface area contributed by atoms with Crippen molar-refractivity contribution in [3.63, 3.8) is 0 Å². The molecular weight excluding hydrogens is 250 g/mol. The molecule has 0 unspecified atom stereocenters. The Hall–Kier alpha value is -1.19. The largest absolute Gasteiger partial charge is 0.493 e. The lowest BCUT2D eigenvalue weighted by molar-refractivity contribution is 0.286. The van der Waals surface area contributed by atoms with Crippen molar-refractivity contribution in [2.45, 2.75) is 12.8 Å². The van der Waals surface area contributed by atoms with Crippen LogP contribution in [0, 0.1) is 0 Å². The van der Waals surface area contributed by atoms with Crippen LogP contribution in [0.5, 0.6) is 11.5 Å². The summed E-state index contributed by atoms with van der Waals surface area (Å²) in [6, 6.07) is 5.93. The van der Waals surface area contributed by atoms with E-state index in [1.165, 1.54) is 0 Å². The lowest BCUT2D eigenvalue weighted by Gasteiger charge is -2.14. The highest BCUT2D eigenvalue weighted by atomic mass is 35.5. The van der Waals surface area contributed by atoms with Crippen LogP contribution in [0.3, 0.4) is 0 Å². The summed E-state index contributed by atoms with van der Waals surface area (Å²) in [6.45, 7) is 5.39. The van der Waals surface area contributed by atoms with E-state index in [1.54, 1.807) is 7.11 Å². The lowest BCUT2D eigenvalue weighted by atomic mass is 10.1. The highest BCUT2D eigenvalue weighted by Gasteiger charge is 2.08. The first-order valence-corrected chi connectivity index (χ1v) is 5.87. The van der Waals surface area contributed by atoms with Crippen LogP contribution in [0.4, 0.5) is 0 Å². The summed E-state index contributed by atoms with van der Waals surface area (Å²) in [5, 5.41) is 3.09. The predicted molar refractivity (Wildman–Crippen MR) is 78.2 cm³/mol. The van der Waals surface area contributed by atoms with Crippen molar-refractivity contribution in [2.75, 3.05) is 27.3 Å². The summed E-state index contributed by atoms with van der Waals surface area (Å²) in [5.41, 5.74) is 1.11. The van der Waals surface area contributed by atoms with E-state index in [4.69, 9.17) is 9.47 Å². The molecule has 0 amide bonds. The van der Waals surface area contributed by atoms with E-state index >= 15 is 0 Å². The van der Waals surface area contributed by atoms with Crippen molar-refractivity contribution < 1.29 is 9.47 Å². The maximum Gasteiger partial charge on any atom is 0.164 e. The van der Waals surface area contributed by atoms with Gasteiger partial charge in [0.15, 0.2) is 11.5 Å². The Labute approximate surface area is 116 Å². The van der Waals surface area contributed by atoms with Gasteiger partial charge in [0.1, 0.15) is 0 Å². The molecule has 1 aromatic rings. The molecule has 1 rings (SSSR count). The van der Waals surface area contributed by atoms with Crippen LogP contribution >= 0.6 is 12.4 Å². The molecule has 0 radical (unpaired) electrons. The second-order valence-electron chi connectivity index (χ2n) is 3.75. The van der Waals surface area contributed by atoms with Gasteiger partial charge < -0.3 is 14.8 Å². The van der Waals surface area contributed by atoms with Crippen LogP contribution < -0.4 is 14.8 Å². The highest BCUT2D eigenvalue weighted by Crippen LogP contribution is 2.31. The predicted octanol–water partition coefficient (Wildman–Crippen LogP) is 2.83. The van der Waals surface area contributed by atoms with Gasteiger partial charge in [-0.15, -0.1) is 19.0 Å². The fourth-order valence-corrected chi connectivity index (χ4v) is 1.63. The first kappa shape index (κ1) is 16.8. The molecule has 0 saturated heterocycles. The molecular formula is C14H22ClNO2. The number of methoxy groups -OCH3 is 1. The monoisotopic (exact) mass is 271 g/mol.